The highest BCUT2D eigenvalue weighted by Crippen LogP contribution is 2.63. The zero-order valence-corrected chi connectivity index (χ0v) is 18.9. The Labute approximate surface area is 177 Å². The van der Waals surface area contributed by atoms with E-state index in [0.717, 1.165) is 38.5 Å². The highest BCUT2D eigenvalue weighted by Gasteiger charge is 2.60. The van der Waals surface area contributed by atoms with Gasteiger partial charge in [0, 0.05) is 17.9 Å². The van der Waals surface area contributed by atoms with Gasteiger partial charge in [0.1, 0.15) is 13.2 Å². The maximum absolute atomic E-state index is 13.2. The van der Waals surface area contributed by atoms with Gasteiger partial charge < -0.3 is 18.9 Å². The molecular weight excluding hydrogens is 419 g/mol. The lowest BCUT2D eigenvalue weighted by Crippen LogP contribution is -2.60. The van der Waals surface area contributed by atoms with Gasteiger partial charge in [0.05, 0.1) is 5.60 Å². The van der Waals surface area contributed by atoms with Crippen molar-refractivity contribution in [2.75, 3.05) is 20.3 Å². The van der Waals surface area contributed by atoms with Crippen LogP contribution in [0, 0.1) is 22.7 Å². The Hall–Kier alpha value is -0.970. The van der Waals surface area contributed by atoms with Gasteiger partial charge in [0.2, 0.25) is 0 Å². The van der Waals surface area contributed by atoms with E-state index in [2.05, 4.69) is 25.5 Å². The summed E-state index contributed by atoms with van der Waals surface area (Å²) in [6, 6.07) is 0. The van der Waals surface area contributed by atoms with Gasteiger partial charge in [-0.05, 0) is 50.4 Å². The van der Waals surface area contributed by atoms with Crippen molar-refractivity contribution in [1.82, 2.24) is 0 Å². The maximum atomic E-state index is 13.2. The fourth-order valence-corrected chi connectivity index (χ4v) is 6.19. The highest BCUT2D eigenvalue weighted by atomic mass is 32.2. The zero-order chi connectivity index (χ0) is 22.4. The fraction of sp³-hybridized carbons (Fsp3) is 0.950. The smallest absolute Gasteiger partial charge is 0.434 e. The lowest BCUT2D eigenvalue weighted by atomic mass is 9.48. The molecule has 174 valence electrons. The van der Waals surface area contributed by atoms with E-state index in [-0.39, 0.29) is 29.3 Å². The van der Waals surface area contributed by atoms with Crippen LogP contribution in [0.15, 0.2) is 0 Å². The van der Waals surface area contributed by atoms with Crippen LogP contribution in [0.25, 0.3) is 0 Å². The second-order valence-electron chi connectivity index (χ2n) is 10.5. The van der Waals surface area contributed by atoms with Crippen molar-refractivity contribution in [3.63, 3.8) is 0 Å². The molecule has 4 aliphatic carbocycles. The molecule has 8 nitrogen and oxygen atoms in total. The van der Waals surface area contributed by atoms with E-state index in [1.54, 1.807) is 7.11 Å². The maximum Gasteiger partial charge on any atom is 0.508 e. The Balaban J connectivity index is 1.62. The summed E-state index contributed by atoms with van der Waals surface area (Å²) in [6.45, 7) is 5.22. The largest absolute Gasteiger partial charge is 0.508 e. The predicted molar refractivity (Wildman–Crippen MR) is 105 cm³/mol. The molecule has 0 aromatic heterocycles. The monoisotopic (exact) mass is 452 g/mol. The van der Waals surface area contributed by atoms with E-state index in [9.17, 15) is 17.6 Å². The SMILES string of the molecule is COC(OC12CC3CC(CC(COC(=O)OCC(F)S(=O)(=O)O)(C3)C1)C2)C(C)(C)C. The molecule has 4 saturated carbocycles. The zero-order valence-electron chi connectivity index (χ0n) is 18.1. The van der Waals surface area contributed by atoms with Crippen molar-refractivity contribution in [3.05, 3.63) is 0 Å². The molecule has 0 aromatic carbocycles. The standard InChI is InChI=1S/C20H33FO8S/c1-18(2,3)16(26-4)29-20-8-13-5-14(9-20)7-19(6-13,11-20)12-28-17(22)27-10-15(21)30(23,24)25/h13-16H,5-12H2,1-4H3,(H,23,24,25). The molecular formula is C20H33FO8S. The first-order valence-corrected chi connectivity index (χ1v) is 11.9. The van der Waals surface area contributed by atoms with Crippen molar-refractivity contribution >= 4 is 16.3 Å². The van der Waals surface area contributed by atoms with Gasteiger partial charge in [-0.15, -0.1) is 0 Å². The van der Waals surface area contributed by atoms with Crippen LogP contribution in [0.3, 0.4) is 0 Å². The molecule has 4 rings (SSSR count). The molecule has 0 aliphatic heterocycles. The fourth-order valence-electron chi connectivity index (χ4n) is 5.95. The van der Waals surface area contributed by atoms with Crippen molar-refractivity contribution in [2.24, 2.45) is 22.7 Å². The second kappa shape index (κ2) is 8.18. The van der Waals surface area contributed by atoms with E-state index in [0.29, 0.717) is 11.8 Å². The molecule has 4 bridgehead atoms. The quantitative estimate of drug-likeness (QED) is 0.337. The van der Waals surface area contributed by atoms with Crippen LogP contribution in [0.5, 0.6) is 0 Å². The summed E-state index contributed by atoms with van der Waals surface area (Å²) in [5.74, 6) is 0.969. The number of hydrogen-bond acceptors (Lipinski definition) is 7. The Morgan fingerprint density at radius 1 is 1.17 bits per heavy atom. The van der Waals surface area contributed by atoms with Gasteiger partial charge in [-0.1, -0.05) is 20.8 Å². The molecule has 4 aliphatic rings. The summed E-state index contributed by atoms with van der Waals surface area (Å²) < 4.78 is 65.1. The summed E-state index contributed by atoms with van der Waals surface area (Å²) in [5.41, 5.74) is -3.43. The third-order valence-corrected chi connectivity index (χ3v) is 7.34. The molecule has 1 N–H and O–H groups in total. The van der Waals surface area contributed by atoms with Crippen LogP contribution in [0.2, 0.25) is 0 Å². The summed E-state index contributed by atoms with van der Waals surface area (Å²) >= 11 is 0. The van der Waals surface area contributed by atoms with E-state index >= 15 is 0 Å². The molecule has 4 atom stereocenters. The number of carbonyl (C=O) groups is 1. The first kappa shape index (κ1) is 23.7. The Kier molecular flexibility index (Phi) is 6.46. The third-order valence-electron chi connectivity index (χ3n) is 6.56. The van der Waals surface area contributed by atoms with Crippen molar-refractivity contribution in [1.29, 1.82) is 0 Å². The average molecular weight is 453 g/mol. The van der Waals surface area contributed by atoms with E-state index in [1.807, 2.05) is 0 Å². The van der Waals surface area contributed by atoms with E-state index < -0.39 is 28.4 Å². The van der Waals surface area contributed by atoms with Crippen LogP contribution in [0.1, 0.15) is 59.3 Å². The number of methoxy groups -OCH3 is 1. The van der Waals surface area contributed by atoms with Gasteiger partial charge in [-0.3, -0.25) is 4.55 Å². The average Bonchev–Trinajstić information content (AvgIpc) is 2.59. The number of hydrogen-bond donors (Lipinski definition) is 1. The molecule has 4 unspecified atom stereocenters. The minimum atomic E-state index is -4.91. The molecule has 30 heavy (non-hydrogen) atoms. The Bertz CT molecular complexity index is 732. The molecule has 0 saturated heterocycles. The van der Waals surface area contributed by atoms with Crippen molar-refractivity contribution < 1.29 is 41.1 Å². The van der Waals surface area contributed by atoms with Gasteiger partial charge in [-0.2, -0.15) is 8.42 Å². The van der Waals surface area contributed by atoms with Crippen LogP contribution in [0.4, 0.5) is 9.18 Å². The minimum Gasteiger partial charge on any atom is -0.434 e. The molecule has 0 amide bonds. The van der Waals surface area contributed by atoms with Gasteiger partial charge in [0.25, 0.3) is 5.50 Å². The van der Waals surface area contributed by atoms with Crippen molar-refractivity contribution in [3.8, 4) is 0 Å². The first-order valence-electron chi connectivity index (χ1n) is 10.4. The summed E-state index contributed by atoms with van der Waals surface area (Å²) in [7, 11) is -3.26. The molecule has 0 spiro atoms. The van der Waals surface area contributed by atoms with Crippen LogP contribution >= 0.6 is 0 Å². The van der Waals surface area contributed by atoms with Crippen LogP contribution in [-0.2, 0) is 29.1 Å². The minimum absolute atomic E-state index is 0.111. The number of rotatable bonds is 8. The predicted octanol–water partition coefficient (Wildman–Crippen LogP) is 3.70. The summed E-state index contributed by atoms with van der Waals surface area (Å²) in [6.07, 6.45) is 4.16. The number of carbonyl (C=O) groups excluding carboxylic acids is 1. The number of ether oxygens (including phenoxy) is 4. The normalized spacial score (nSPS) is 35.1. The van der Waals surface area contributed by atoms with E-state index in [4.69, 9.17) is 18.8 Å². The highest BCUT2D eigenvalue weighted by molar-refractivity contribution is 7.86. The lowest BCUT2D eigenvalue weighted by Gasteiger charge is -2.62. The van der Waals surface area contributed by atoms with E-state index in [1.165, 1.54) is 0 Å². The summed E-state index contributed by atoms with van der Waals surface area (Å²) in [4.78, 5) is 11.9. The molecule has 10 heteroatoms. The van der Waals surface area contributed by atoms with Gasteiger partial charge >= 0.3 is 16.3 Å². The molecule has 0 radical (unpaired) electrons. The topological polar surface area (TPSA) is 108 Å². The number of halogens is 1. The van der Waals surface area contributed by atoms with Gasteiger partial charge in [-0.25, -0.2) is 9.18 Å². The van der Waals surface area contributed by atoms with Crippen molar-refractivity contribution in [2.45, 2.75) is 76.7 Å². The third kappa shape index (κ3) is 5.26. The van der Waals surface area contributed by atoms with Gasteiger partial charge in [0.15, 0.2) is 6.29 Å². The first-order chi connectivity index (χ1) is 13.8. The summed E-state index contributed by atoms with van der Waals surface area (Å²) in [5, 5.41) is 0. The van der Waals surface area contributed by atoms with Crippen LogP contribution in [-0.4, -0.2) is 56.8 Å². The molecule has 4 fully saturated rings. The Morgan fingerprint density at radius 2 is 1.77 bits per heavy atom. The Morgan fingerprint density at radius 3 is 2.27 bits per heavy atom. The lowest BCUT2D eigenvalue weighted by molar-refractivity contribution is -0.291. The number of alkyl halides is 1. The molecule has 0 aromatic rings. The van der Waals surface area contributed by atoms with Crippen LogP contribution < -0.4 is 0 Å². The second-order valence-corrected chi connectivity index (χ2v) is 12.0. The molecule has 0 heterocycles.